The first kappa shape index (κ1) is 99.5. The highest BCUT2D eigenvalue weighted by molar-refractivity contribution is 5.18. The van der Waals surface area contributed by atoms with E-state index in [4.69, 9.17) is 0 Å². The van der Waals surface area contributed by atoms with Crippen molar-refractivity contribution in [2.24, 2.45) is 11.3 Å². The quantitative estimate of drug-likeness (QED) is 0.0549. The first-order chi connectivity index (χ1) is 50.6. The Hall–Kier alpha value is -0.460. The van der Waals surface area contributed by atoms with Crippen LogP contribution in [0.4, 0.5) is 0 Å². The minimum atomic E-state index is 0.306. The van der Waals surface area contributed by atoms with E-state index in [1.807, 2.05) is 0 Å². The normalized spacial score (nSPS) is 14.4. The minimum absolute atomic E-state index is 0.306. The Morgan fingerprint density at radius 1 is 0.176 bits per heavy atom. The molecule has 0 aliphatic carbocycles. The van der Waals surface area contributed by atoms with Gasteiger partial charge in [-0.15, -0.1) is 0 Å². The molecule has 0 amide bonds. The molecule has 0 saturated heterocycles. The molecule has 1 atom stereocenters. The summed E-state index contributed by atoms with van der Waals surface area (Å²) in [6.45, 7) is 15.5. The lowest BCUT2D eigenvalue weighted by Crippen LogP contribution is -2.63. The summed E-state index contributed by atoms with van der Waals surface area (Å²) in [5.74, 6) is 0.754. The highest BCUT2D eigenvalue weighted by atomic mass is 15.2. The highest BCUT2D eigenvalue weighted by Crippen LogP contribution is 2.59. The van der Waals surface area contributed by atoms with Crippen LogP contribution in [0.25, 0.3) is 0 Å². The van der Waals surface area contributed by atoms with Crippen LogP contribution in [0.2, 0.25) is 0 Å². The molecule has 0 N–H and O–H groups in total. The van der Waals surface area contributed by atoms with Gasteiger partial charge in [-0.05, 0) is 56.1 Å². The first-order valence-electron chi connectivity index (χ1n) is 50.1. The molecule has 1 heterocycles. The Balaban J connectivity index is 3.68. The minimum Gasteiger partial charge on any atom is -0.371 e. The first-order valence-corrected chi connectivity index (χ1v) is 50.1. The van der Waals surface area contributed by atoms with Gasteiger partial charge in [0.1, 0.15) is 0 Å². The molecule has 1 aliphatic rings. The summed E-state index contributed by atoms with van der Waals surface area (Å²) in [7, 11) is 0. The average molecular weight is 1430 g/mol. The fourth-order valence-corrected chi connectivity index (χ4v) is 19.2. The van der Waals surface area contributed by atoms with E-state index in [9.17, 15) is 0 Å². The summed E-state index contributed by atoms with van der Waals surface area (Å²) in [6, 6.07) is 0. The Morgan fingerprint density at radius 3 is 0.529 bits per heavy atom. The van der Waals surface area contributed by atoms with E-state index in [1.165, 1.54) is 578 Å². The highest BCUT2D eigenvalue weighted by Gasteiger charge is 2.57. The molecule has 0 radical (unpaired) electrons. The van der Waals surface area contributed by atoms with Crippen molar-refractivity contribution in [3.63, 3.8) is 0 Å². The van der Waals surface area contributed by atoms with Crippen molar-refractivity contribution in [2.75, 3.05) is 6.54 Å². The Bertz CT molecular complexity index is 1370. The standard InChI is InChI=1S/C101H201N/c1-7-13-19-25-31-37-43-49-55-61-67-73-79-85-91-99-92-98-102(97-90-84-78-72-66-60-54-48-42-36-30-24-18-12-6)101(95-88-82-76-70-64-58-52-46-40-34-28-22-16-10-4,96-89-83-77-71-65-59-53-47-41-35-29-23-17-11-5)100(99,93-86-80-74-68-62-56-50-44-38-32-26-20-14-8-2)94-87-81-75-69-63-57-51-45-39-33-27-21-15-9-3/h92,98-99H,7-91,93-97H2,1-6H3. The topological polar surface area (TPSA) is 3.24 Å². The van der Waals surface area contributed by atoms with Crippen LogP contribution in [-0.4, -0.2) is 17.0 Å². The smallest absolute Gasteiger partial charge is 0.0458 e. The molecule has 0 bridgehead atoms. The molecule has 102 heavy (non-hydrogen) atoms. The molecule has 610 valence electrons. The lowest BCUT2D eigenvalue weighted by atomic mass is 9.51. The van der Waals surface area contributed by atoms with Gasteiger partial charge in [-0.3, -0.25) is 0 Å². The monoisotopic (exact) mass is 1430 g/mol. The van der Waals surface area contributed by atoms with Gasteiger partial charge >= 0.3 is 0 Å². The van der Waals surface area contributed by atoms with E-state index < -0.39 is 0 Å². The van der Waals surface area contributed by atoms with Gasteiger partial charge in [0.2, 0.25) is 0 Å². The Kier molecular flexibility index (Phi) is 81.0. The van der Waals surface area contributed by atoms with E-state index in [0.717, 1.165) is 5.92 Å². The predicted molar refractivity (Wildman–Crippen MR) is 469 cm³/mol. The summed E-state index contributed by atoms with van der Waals surface area (Å²) >= 11 is 0. The molecular formula is C101H201N. The van der Waals surface area contributed by atoms with Crippen LogP contribution in [0.3, 0.4) is 0 Å². The van der Waals surface area contributed by atoms with Gasteiger partial charge in [0, 0.05) is 12.1 Å². The maximum atomic E-state index is 3.26. The summed E-state index contributed by atoms with van der Waals surface area (Å²) in [6.07, 6.45) is 137. The molecular weight excluding hydrogens is 1230 g/mol. The molecule has 1 unspecified atom stereocenters. The third kappa shape index (κ3) is 61.3. The van der Waals surface area contributed by atoms with Crippen molar-refractivity contribution in [1.29, 1.82) is 0 Å². The fourth-order valence-electron chi connectivity index (χ4n) is 19.2. The summed E-state index contributed by atoms with van der Waals surface area (Å²) in [5, 5.41) is 0. The largest absolute Gasteiger partial charge is 0.371 e. The molecule has 1 nitrogen and oxygen atoms in total. The summed E-state index contributed by atoms with van der Waals surface area (Å²) in [5.41, 5.74) is 0.704. The van der Waals surface area contributed by atoms with Gasteiger partial charge in [0.25, 0.3) is 0 Å². The van der Waals surface area contributed by atoms with Crippen LogP contribution in [0, 0.1) is 11.3 Å². The van der Waals surface area contributed by atoms with E-state index in [-0.39, 0.29) is 0 Å². The van der Waals surface area contributed by atoms with Gasteiger partial charge < -0.3 is 4.90 Å². The van der Waals surface area contributed by atoms with Gasteiger partial charge in [-0.1, -0.05) is 581 Å². The zero-order valence-electron chi connectivity index (χ0n) is 72.8. The number of nitrogens with zero attached hydrogens (tertiary/aromatic N) is 1. The van der Waals surface area contributed by atoms with Crippen molar-refractivity contribution in [3.8, 4) is 0 Å². The van der Waals surface area contributed by atoms with Crippen LogP contribution in [-0.2, 0) is 0 Å². The second-order valence-electron chi connectivity index (χ2n) is 35.7. The van der Waals surface area contributed by atoms with Gasteiger partial charge in [0.15, 0.2) is 0 Å². The van der Waals surface area contributed by atoms with Gasteiger partial charge in [-0.2, -0.15) is 0 Å². The molecule has 1 aliphatic heterocycles. The zero-order chi connectivity index (χ0) is 73.2. The van der Waals surface area contributed by atoms with E-state index in [0.29, 0.717) is 11.0 Å². The van der Waals surface area contributed by atoms with E-state index in [1.54, 1.807) is 0 Å². The van der Waals surface area contributed by atoms with E-state index >= 15 is 0 Å². The summed E-state index contributed by atoms with van der Waals surface area (Å²) < 4.78 is 0. The van der Waals surface area contributed by atoms with Crippen molar-refractivity contribution in [2.45, 2.75) is 619 Å². The van der Waals surface area contributed by atoms with Crippen LogP contribution in [0.15, 0.2) is 12.3 Å². The second kappa shape index (κ2) is 83.0. The molecule has 0 fully saturated rings. The second-order valence-corrected chi connectivity index (χ2v) is 35.7. The van der Waals surface area contributed by atoms with Gasteiger partial charge in [-0.25, -0.2) is 0 Å². The van der Waals surface area contributed by atoms with Crippen molar-refractivity contribution >= 4 is 0 Å². The zero-order valence-corrected chi connectivity index (χ0v) is 72.8. The third-order valence-corrected chi connectivity index (χ3v) is 26.1. The van der Waals surface area contributed by atoms with Crippen LogP contribution < -0.4 is 0 Å². The maximum Gasteiger partial charge on any atom is 0.0458 e. The third-order valence-electron chi connectivity index (χ3n) is 26.1. The lowest BCUT2D eigenvalue weighted by molar-refractivity contribution is -0.0851. The van der Waals surface area contributed by atoms with Crippen molar-refractivity contribution < 1.29 is 0 Å². The van der Waals surface area contributed by atoms with Gasteiger partial charge in [0.05, 0.1) is 0 Å². The molecule has 0 aromatic carbocycles. The molecule has 1 heteroatoms. The maximum absolute atomic E-state index is 3.26. The SMILES string of the molecule is CCCCCCCCCCCCCCCCC1C=CN(CCCCCCCCCCCCCCCC)C(CCCCCCCCCCCCCCCC)(CCCCCCCCCCCCCCCC)C1(CCCCCCCCCCCCCCCC)CCCCCCCCCCCCCCCC. The fraction of sp³-hybridized carbons (Fsp3) is 0.980. The number of unbranched alkanes of at least 4 members (excludes halogenated alkanes) is 78. The van der Waals surface area contributed by atoms with Crippen LogP contribution in [0.5, 0.6) is 0 Å². The number of allylic oxidation sites excluding steroid dienone is 1. The van der Waals surface area contributed by atoms with Crippen molar-refractivity contribution in [3.05, 3.63) is 12.3 Å². The Labute approximate surface area is 649 Å². The molecule has 0 aromatic rings. The predicted octanol–water partition coefficient (Wildman–Crippen LogP) is 38.0. The van der Waals surface area contributed by atoms with E-state index in [2.05, 4.69) is 58.7 Å². The molecule has 0 saturated carbocycles. The van der Waals surface area contributed by atoms with Crippen molar-refractivity contribution in [1.82, 2.24) is 4.90 Å². The Morgan fingerprint density at radius 2 is 0.333 bits per heavy atom. The molecule has 0 aromatic heterocycles. The molecule has 0 spiro atoms. The van der Waals surface area contributed by atoms with Crippen LogP contribution in [0.1, 0.15) is 613 Å². The van der Waals surface area contributed by atoms with Crippen LogP contribution >= 0.6 is 0 Å². The number of rotatable bonds is 90. The number of hydrogen-bond acceptors (Lipinski definition) is 1. The lowest BCUT2D eigenvalue weighted by Gasteiger charge is -2.63. The number of hydrogen-bond donors (Lipinski definition) is 0. The molecule has 1 rings (SSSR count). The average Bonchev–Trinajstić information content (AvgIpc) is 0.724. The summed E-state index contributed by atoms with van der Waals surface area (Å²) in [4.78, 5) is 3.26.